The molecule has 1 N–H and O–H groups in total. The summed E-state index contributed by atoms with van der Waals surface area (Å²) >= 11 is 0. The molecule has 0 unspecified atom stereocenters. The van der Waals surface area contributed by atoms with Crippen LogP contribution < -0.4 is 10.2 Å². The second kappa shape index (κ2) is 11.9. The molecule has 0 spiro atoms. The van der Waals surface area contributed by atoms with E-state index in [0.717, 1.165) is 31.9 Å². The number of nitrogens with zero attached hydrogens (tertiary/aromatic N) is 3. The van der Waals surface area contributed by atoms with E-state index in [0.29, 0.717) is 24.6 Å². The van der Waals surface area contributed by atoms with Crippen LogP contribution in [0.25, 0.3) is 0 Å². The molecule has 0 radical (unpaired) electrons. The van der Waals surface area contributed by atoms with Gasteiger partial charge in [-0.1, -0.05) is 20.3 Å². The number of likely N-dealkylation sites (tertiary alicyclic amines) is 1. The molecule has 1 aromatic rings. The van der Waals surface area contributed by atoms with Crippen LogP contribution in [0.2, 0.25) is 0 Å². The van der Waals surface area contributed by atoms with Crippen LogP contribution in [0.15, 0.2) is 24.3 Å². The van der Waals surface area contributed by atoms with Crippen LogP contribution in [0.1, 0.15) is 51.4 Å². The zero-order valence-electron chi connectivity index (χ0n) is 22.8. The first-order valence-corrected chi connectivity index (χ1v) is 13.7. The molecule has 0 aromatic heterocycles. The number of carbonyl (C=O) groups is 3. The minimum atomic E-state index is -0.740. The quantitative estimate of drug-likeness (QED) is 0.539. The first-order valence-electron chi connectivity index (χ1n) is 13.7. The number of carbonyl (C=O) groups excluding carboxylic acids is 3. The molecule has 1 aromatic carbocycles. The maximum absolute atomic E-state index is 13.7. The fourth-order valence-electron chi connectivity index (χ4n) is 5.61. The number of rotatable bonds is 9. The molecule has 3 aliphatic heterocycles. The number of ether oxygens (including phenoxy) is 2. The van der Waals surface area contributed by atoms with Gasteiger partial charge in [0.25, 0.3) is 5.91 Å². The zero-order valence-corrected chi connectivity index (χ0v) is 22.8. The van der Waals surface area contributed by atoms with Crippen molar-refractivity contribution in [2.45, 2.75) is 71.4 Å². The SMILES string of the molecule is CCO[C@H]1CN(C(=O)[C@@H](NC(=O)c2ccc(N3CCN(C(C)C)CC3)cc2)[C@@H](C)CC)[C@@H]2C(=O)CO[C@H]12. The number of hydrogen-bond donors (Lipinski definition) is 1. The van der Waals surface area contributed by atoms with E-state index in [4.69, 9.17) is 9.47 Å². The summed E-state index contributed by atoms with van der Waals surface area (Å²) in [5.41, 5.74) is 1.61. The zero-order chi connectivity index (χ0) is 26.7. The Morgan fingerprint density at radius 1 is 1.08 bits per heavy atom. The fraction of sp³-hybridized carbons (Fsp3) is 0.679. The van der Waals surface area contributed by atoms with Crippen LogP contribution in [0, 0.1) is 5.92 Å². The molecule has 3 saturated heterocycles. The summed E-state index contributed by atoms with van der Waals surface area (Å²) in [6.07, 6.45) is -0.0764. The largest absolute Gasteiger partial charge is 0.374 e. The van der Waals surface area contributed by atoms with Crippen molar-refractivity contribution in [3.8, 4) is 0 Å². The highest BCUT2D eigenvalue weighted by atomic mass is 16.6. The Morgan fingerprint density at radius 3 is 2.35 bits per heavy atom. The van der Waals surface area contributed by atoms with Crippen molar-refractivity contribution in [3.05, 3.63) is 29.8 Å². The number of nitrogens with one attached hydrogen (secondary N) is 1. The number of fused-ring (bicyclic) bond motifs is 1. The number of ketones is 1. The number of amides is 2. The van der Waals surface area contributed by atoms with Gasteiger partial charge < -0.3 is 24.6 Å². The lowest BCUT2D eigenvalue weighted by Gasteiger charge is -2.38. The van der Waals surface area contributed by atoms with E-state index in [9.17, 15) is 14.4 Å². The van der Waals surface area contributed by atoms with E-state index < -0.39 is 18.2 Å². The lowest BCUT2D eigenvalue weighted by atomic mass is 9.96. The molecule has 0 bridgehead atoms. The summed E-state index contributed by atoms with van der Waals surface area (Å²) < 4.78 is 11.4. The Morgan fingerprint density at radius 2 is 1.76 bits per heavy atom. The highest BCUT2D eigenvalue weighted by molar-refractivity contribution is 5.99. The Bertz CT molecular complexity index is 960. The van der Waals surface area contributed by atoms with Gasteiger partial charge in [-0.3, -0.25) is 19.3 Å². The summed E-state index contributed by atoms with van der Waals surface area (Å²) in [4.78, 5) is 45.9. The van der Waals surface area contributed by atoms with Gasteiger partial charge in [0, 0.05) is 50.1 Å². The minimum Gasteiger partial charge on any atom is -0.374 e. The maximum Gasteiger partial charge on any atom is 0.251 e. The lowest BCUT2D eigenvalue weighted by Crippen LogP contribution is -2.54. The van der Waals surface area contributed by atoms with Crippen molar-refractivity contribution in [2.24, 2.45) is 5.92 Å². The van der Waals surface area contributed by atoms with E-state index in [1.54, 1.807) is 4.90 Å². The predicted molar refractivity (Wildman–Crippen MR) is 142 cm³/mol. The van der Waals surface area contributed by atoms with Gasteiger partial charge in [-0.2, -0.15) is 0 Å². The summed E-state index contributed by atoms with van der Waals surface area (Å²) in [7, 11) is 0. The van der Waals surface area contributed by atoms with Crippen LogP contribution in [0.3, 0.4) is 0 Å². The van der Waals surface area contributed by atoms with Crippen LogP contribution in [-0.4, -0.2) is 104 Å². The monoisotopic (exact) mass is 514 g/mol. The van der Waals surface area contributed by atoms with Gasteiger partial charge in [0.05, 0.1) is 6.54 Å². The van der Waals surface area contributed by atoms with E-state index in [1.165, 1.54) is 0 Å². The van der Waals surface area contributed by atoms with E-state index in [-0.39, 0.29) is 42.8 Å². The molecule has 0 saturated carbocycles. The third-order valence-corrected chi connectivity index (χ3v) is 8.11. The average molecular weight is 515 g/mol. The Kier molecular flexibility index (Phi) is 8.87. The molecule has 9 heteroatoms. The van der Waals surface area contributed by atoms with Gasteiger partial charge in [0.2, 0.25) is 5.91 Å². The molecular formula is C28H42N4O5. The fourth-order valence-corrected chi connectivity index (χ4v) is 5.61. The first-order chi connectivity index (χ1) is 17.7. The van der Waals surface area contributed by atoms with Crippen molar-refractivity contribution < 1.29 is 23.9 Å². The number of benzene rings is 1. The van der Waals surface area contributed by atoms with Crippen LogP contribution >= 0.6 is 0 Å². The molecule has 2 amide bonds. The van der Waals surface area contributed by atoms with Gasteiger partial charge in [0.15, 0.2) is 5.78 Å². The van der Waals surface area contributed by atoms with Crippen molar-refractivity contribution in [2.75, 3.05) is 50.8 Å². The van der Waals surface area contributed by atoms with Gasteiger partial charge in [0.1, 0.15) is 30.9 Å². The molecular weight excluding hydrogens is 472 g/mol. The van der Waals surface area contributed by atoms with Crippen molar-refractivity contribution >= 4 is 23.3 Å². The highest BCUT2D eigenvalue weighted by Crippen LogP contribution is 2.31. The maximum atomic E-state index is 13.7. The third-order valence-electron chi connectivity index (χ3n) is 8.11. The Hall–Kier alpha value is -2.49. The van der Waals surface area contributed by atoms with Gasteiger partial charge in [-0.05, 0) is 51.0 Å². The van der Waals surface area contributed by atoms with Crippen molar-refractivity contribution in [1.82, 2.24) is 15.1 Å². The van der Waals surface area contributed by atoms with Gasteiger partial charge in [-0.15, -0.1) is 0 Å². The summed E-state index contributed by atoms with van der Waals surface area (Å²) in [5.74, 6) is -0.756. The second-order valence-corrected chi connectivity index (χ2v) is 10.7. The molecule has 3 heterocycles. The molecule has 37 heavy (non-hydrogen) atoms. The van der Waals surface area contributed by atoms with Gasteiger partial charge >= 0.3 is 0 Å². The van der Waals surface area contributed by atoms with Gasteiger partial charge in [-0.25, -0.2) is 0 Å². The molecule has 4 rings (SSSR count). The molecule has 3 fully saturated rings. The minimum absolute atomic E-state index is 0.0120. The average Bonchev–Trinajstić information content (AvgIpc) is 3.47. The number of hydrogen-bond acceptors (Lipinski definition) is 7. The van der Waals surface area contributed by atoms with Crippen LogP contribution in [-0.2, 0) is 19.1 Å². The molecule has 0 aliphatic carbocycles. The molecule has 3 aliphatic rings. The second-order valence-electron chi connectivity index (χ2n) is 10.7. The highest BCUT2D eigenvalue weighted by Gasteiger charge is 2.54. The Labute approximate surface area is 220 Å². The summed E-state index contributed by atoms with van der Waals surface area (Å²) in [5, 5.41) is 2.98. The van der Waals surface area contributed by atoms with Crippen LogP contribution in [0.4, 0.5) is 5.69 Å². The number of Topliss-reactive ketones (excluding diaryl/α,β-unsaturated/α-hetero) is 1. The van der Waals surface area contributed by atoms with E-state index in [1.807, 2.05) is 45.0 Å². The number of anilines is 1. The molecule has 204 valence electrons. The topological polar surface area (TPSA) is 91.4 Å². The lowest BCUT2D eigenvalue weighted by molar-refractivity contribution is -0.139. The van der Waals surface area contributed by atoms with Crippen molar-refractivity contribution in [3.63, 3.8) is 0 Å². The van der Waals surface area contributed by atoms with E-state index in [2.05, 4.69) is 29.0 Å². The predicted octanol–water partition coefficient (Wildman–Crippen LogP) is 1.95. The van der Waals surface area contributed by atoms with Crippen molar-refractivity contribution in [1.29, 1.82) is 0 Å². The normalized spacial score (nSPS) is 25.9. The third kappa shape index (κ3) is 5.84. The summed E-state index contributed by atoms with van der Waals surface area (Å²) in [6.45, 7) is 15.0. The standard InChI is InChI=1S/C28H42N4O5/c1-6-19(5)24(28(35)32-16-23(36-7-2)26-25(32)22(33)17-37-26)29-27(34)20-8-10-21(11-9-20)31-14-12-30(13-15-31)18(3)4/h8-11,18-19,23-26H,6-7,12-17H2,1-5H3,(H,29,34)/t19-,23-,24-,25+,26+/m0/s1. The van der Waals surface area contributed by atoms with E-state index >= 15 is 0 Å². The first kappa shape index (κ1) is 27.5. The smallest absolute Gasteiger partial charge is 0.251 e. The number of piperazine rings is 1. The van der Waals surface area contributed by atoms with Crippen LogP contribution in [0.5, 0.6) is 0 Å². The summed E-state index contributed by atoms with van der Waals surface area (Å²) in [6, 6.07) is 6.76. The molecule has 9 nitrogen and oxygen atoms in total. The molecule has 5 atom stereocenters. The Balaban J connectivity index is 1.43.